The molecule has 0 aromatic rings. The summed E-state index contributed by atoms with van der Waals surface area (Å²) >= 11 is 12.1. The second-order valence-corrected chi connectivity index (χ2v) is 6.82. The number of ether oxygens (including phenoxy) is 1. The zero-order chi connectivity index (χ0) is 15.0. The van der Waals surface area contributed by atoms with Crippen molar-refractivity contribution in [1.82, 2.24) is 5.32 Å². The lowest BCUT2D eigenvalue weighted by molar-refractivity contribution is -0.229. The van der Waals surface area contributed by atoms with Crippen LogP contribution in [-0.4, -0.2) is 29.1 Å². The summed E-state index contributed by atoms with van der Waals surface area (Å²) in [6.07, 6.45) is 6.73. The summed E-state index contributed by atoms with van der Waals surface area (Å²) in [6.45, 7) is 6.47. The maximum Gasteiger partial charge on any atom is 0.204 e. The minimum Gasteiger partial charge on any atom is -0.361 e. The Hall–Kier alpha value is -0.320. The number of rotatable bonds is 1. The van der Waals surface area contributed by atoms with E-state index >= 15 is 0 Å². The Kier molecular flexibility index (Phi) is 4.67. The van der Waals surface area contributed by atoms with Gasteiger partial charge in [0.2, 0.25) is 5.79 Å². The lowest BCUT2D eigenvalue weighted by atomic mass is 9.89. The summed E-state index contributed by atoms with van der Waals surface area (Å²) < 4.78 is 5.79. The van der Waals surface area contributed by atoms with Crippen LogP contribution in [0.2, 0.25) is 0 Å². The fourth-order valence-corrected chi connectivity index (χ4v) is 2.91. The Bertz CT molecular complexity index is 482. The molecule has 0 spiro atoms. The summed E-state index contributed by atoms with van der Waals surface area (Å²) in [5.41, 5.74) is 0.663. The molecule has 0 radical (unpaired) electrons. The third-order valence-electron chi connectivity index (χ3n) is 3.70. The van der Waals surface area contributed by atoms with Crippen molar-refractivity contribution in [3.63, 3.8) is 0 Å². The molecule has 1 saturated heterocycles. The van der Waals surface area contributed by atoms with Crippen molar-refractivity contribution in [2.24, 2.45) is 0 Å². The fraction of sp³-hybridized carbons (Fsp3) is 0.600. The highest BCUT2D eigenvalue weighted by molar-refractivity contribution is 6.43. The van der Waals surface area contributed by atoms with Crippen LogP contribution in [0, 0.1) is 0 Å². The van der Waals surface area contributed by atoms with Crippen LogP contribution in [0.15, 0.2) is 33.9 Å². The molecule has 0 aromatic heterocycles. The van der Waals surface area contributed by atoms with Crippen LogP contribution in [0.5, 0.6) is 0 Å². The monoisotopic (exact) mass is 317 g/mol. The van der Waals surface area contributed by atoms with E-state index < -0.39 is 5.79 Å². The lowest BCUT2D eigenvalue weighted by Gasteiger charge is -2.47. The van der Waals surface area contributed by atoms with Crippen LogP contribution in [0.3, 0.4) is 0 Å². The standard InChI is InChI=1S/C15H21Cl2NO2/c1-10-15(19,20-9-14(2,3)18-10)11-5-4-6-12(16)13(17)8-7-11/h5-6,8,10,18-19H,4,7,9H2,1-3H3/b11-5+,12-6+,13-8+. The molecule has 2 rings (SSSR count). The van der Waals surface area contributed by atoms with Gasteiger partial charge >= 0.3 is 0 Å². The van der Waals surface area contributed by atoms with Gasteiger partial charge < -0.3 is 15.2 Å². The molecule has 1 fully saturated rings. The average Bonchev–Trinajstić information content (AvgIpc) is 2.35. The van der Waals surface area contributed by atoms with E-state index in [9.17, 15) is 5.11 Å². The van der Waals surface area contributed by atoms with E-state index in [2.05, 4.69) is 19.2 Å². The first-order valence-corrected chi connectivity index (χ1v) is 7.55. The fourth-order valence-electron chi connectivity index (χ4n) is 2.59. The van der Waals surface area contributed by atoms with Crippen LogP contribution < -0.4 is 5.32 Å². The molecule has 1 aliphatic heterocycles. The van der Waals surface area contributed by atoms with Crippen LogP contribution in [0.1, 0.15) is 33.6 Å². The van der Waals surface area contributed by atoms with Crippen molar-refractivity contribution in [3.8, 4) is 0 Å². The van der Waals surface area contributed by atoms with Gasteiger partial charge in [-0.2, -0.15) is 0 Å². The first-order valence-electron chi connectivity index (χ1n) is 6.80. The second kappa shape index (κ2) is 5.82. The minimum atomic E-state index is -1.30. The summed E-state index contributed by atoms with van der Waals surface area (Å²) in [6, 6.07) is -0.205. The van der Waals surface area contributed by atoms with Crippen LogP contribution in [0.25, 0.3) is 0 Å². The number of hydrogen-bond acceptors (Lipinski definition) is 3. The summed E-state index contributed by atoms with van der Waals surface area (Å²) in [7, 11) is 0. The van der Waals surface area contributed by atoms with E-state index in [0.29, 0.717) is 29.5 Å². The third-order valence-corrected chi connectivity index (χ3v) is 4.51. The number of hydrogen-bond donors (Lipinski definition) is 2. The Morgan fingerprint density at radius 3 is 2.55 bits per heavy atom. The molecular formula is C15H21Cl2NO2. The van der Waals surface area contributed by atoms with E-state index in [1.807, 2.05) is 19.1 Å². The van der Waals surface area contributed by atoms with Crippen molar-refractivity contribution in [2.45, 2.75) is 51.0 Å². The molecule has 5 heteroatoms. The Morgan fingerprint density at radius 1 is 1.25 bits per heavy atom. The van der Waals surface area contributed by atoms with Gasteiger partial charge in [-0.1, -0.05) is 41.4 Å². The Balaban J connectivity index is 2.24. The highest BCUT2D eigenvalue weighted by Crippen LogP contribution is 2.34. The molecule has 0 bridgehead atoms. The quantitative estimate of drug-likeness (QED) is 0.728. The maximum atomic E-state index is 10.9. The van der Waals surface area contributed by atoms with Crippen LogP contribution >= 0.6 is 23.2 Å². The number of aliphatic hydroxyl groups is 1. The topological polar surface area (TPSA) is 41.5 Å². The van der Waals surface area contributed by atoms with Crippen molar-refractivity contribution in [1.29, 1.82) is 0 Å². The van der Waals surface area contributed by atoms with Gasteiger partial charge in [-0.25, -0.2) is 0 Å². The molecule has 20 heavy (non-hydrogen) atoms. The van der Waals surface area contributed by atoms with Gasteiger partial charge in [0.05, 0.1) is 22.7 Å². The largest absolute Gasteiger partial charge is 0.361 e. The zero-order valence-corrected chi connectivity index (χ0v) is 13.6. The molecule has 1 aliphatic carbocycles. The van der Waals surface area contributed by atoms with E-state index in [1.165, 1.54) is 0 Å². The van der Waals surface area contributed by atoms with Crippen LogP contribution in [0.4, 0.5) is 0 Å². The molecule has 3 nitrogen and oxygen atoms in total. The van der Waals surface area contributed by atoms with E-state index in [0.717, 1.165) is 5.57 Å². The Labute approximate surface area is 130 Å². The predicted molar refractivity (Wildman–Crippen MR) is 82.8 cm³/mol. The second-order valence-electron chi connectivity index (χ2n) is 6.01. The normalized spacial score (nSPS) is 42.3. The number of nitrogens with one attached hydrogen (secondary N) is 1. The van der Waals surface area contributed by atoms with Gasteiger partial charge in [0, 0.05) is 5.54 Å². The molecule has 2 N–H and O–H groups in total. The first-order chi connectivity index (χ1) is 9.24. The molecular weight excluding hydrogens is 297 g/mol. The summed E-state index contributed by atoms with van der Waals surface area (Å²) in [5, 5.41) is 15.3. The minimum absolute atomic E-state index is 0.148. The number of halogens is 2. The van der Waals surface area contributed by atoms with Gasteiger partial charge in [-0.05, 0) is 39.2 Å². The van der Waals surface area contributed by atoms with Crippen LogP contribution in [-0.2, 0) is 4.74 Å². The van der Waals surface area contributed by atoms with Gasteiger partial charge in [-0.3, -0.25) is 0 Å². The van der Waals surface area contributed by atoms with Gasteiger partial charge in [0.1, 0.15) is 0 Å². The lowest BCUT2D eigenvalue weighted by Crippen LogP contribution is -2.65. The molecule has 112 valence electrons. The summed E-state index contributed by atoms with van der Waals surface area (Å²) in [4.78, 5) is 0. The molecule has 2 atom stereocenters. The van der Waals surface area contributed by atoms with E-state index in [4.69, 9.17) is 27.9 Å². The van der Waals surface area contributed by atoms with Crippen molar-refractivity contribution < 1.29 is 9.84 Å². The highest BCUT2D eigenvalue weighted by Gasteiger charge is 2.45. The van der Waals surface area contributed by atoms with Crippen molar-refractivity contribution in [2.75, 3.05) is 6.61 Å². The van der Waals surface area contributed by atoms with E-state index in [-0.39, 0.29) is 11.6 Å². The van der Waals surface area contributed by atoms with Gasteiger partial charge in [0.25, 0.3) is 0 Å². The zero-order valence-electron chi connectivity index (χ0n) is 12.0. The maximum absolute atomic E-state index is 10.9. The molecule has 2 unspecified atom stereocenters. The smallest absolute Gasteiger partial charge is 0.204 e. The summed E-state index contributed by atoms with van der Waals surface area (Å²) in [5.74, 6) is -1.30. The predicted octanol–water partition coefficient (Wildman–Crippen LogP) is 3.43. The Morgan fingerprint density at radius 2 is 1.90 bits per heavy atom. The molecule has 0 aromatic carbocycles. The van der Waals surface area contributed by atoms with E-state index in [1.54, 1.807) is 6.08 Å². The van der Waals surface area contributed by atoms with Gasteiger partial charge in [0.15, 0.2) is 0 Å². The molecule has 2 aliphatic rings. The molecule has 0 amide bonds. The number of allylic oxidation sites excluding steroid dienone is 5. The third kappa shape index (κ3) is 3.29. The molecule has 0 saturated carbocycles. The SMILES string of the molecule is CC1NC(C)(C)COC1(O)/C1=C/C/C=C(Cl)\C(Cl)=C/C1. The average molecular weight is 318 g/mol. The molecule has 1 heterocycles. The van der Waals surface area contributed by atoms with Crippen molar-refractivity contribution in [3.05, 3.63) is 33.9 Å². The van der Waals surface area contributed by atoms with Crippen molar-refractivity contribution >= 4 is 23.2 Å². The van der Waals surface area contributed by atoms with Gasteiger partial charge in [-0.15, -0.1) is 0 Å². The number of morpholine rings is 1. The first kappa shape index (κ1) is 16.1. The highest BCUT2D eigenvalue weighted by atomic mass is 35.5.